The number of hydrogen-bond acceptors (Lipinski definition) is 4. The minimum Gasteiger partial charge on any atom is -0.492 e. The van der Waals surface area contributed by atoms with Gasteiger partial charge >= 0.3 is 0 Å². The van der Waals surface area contributed by atoms with Crippen LogP contribution in [0.4, 0.5) is 0 Å². The van der Waals surface area contributed by atoms with Gasteiger partial charge in [0, 0.05) is 13.0 Å². The summed E-state index contributed by atoms with van der Waals surface area (Å²) in [5.74, 6) is 0.394. The number of hydrogen-bond donors (Lipinski definition) is 1. The van der Waals surface area contributed by atoms with Gasteiger partial charge in [0.1, 0.15) is 23.5 Å². The summed E-state index contributed by atoms with van der Waals surface area (Å²) in [5.41, 5.74) is 0.553. The van der Waals surface area contributed by atoms with Crippen molar-refractivity contribution in [3.8, 4) is 17.9 Å². The third kappa shape index (κ3) is 2.70. The Kier molecular flexibility index (Phi) is 4.15. The van der Waals surface area contributed by atoms with E-state index in [1.807, 2.05) is 12.1 Å². The molecular weight excluding hydrogens is 192 g/mol. The van der Waals surface area contributed by atoms with Gasteiger partial charge in [-0.15, -0.1) is 0 Å². The van der Waals surface area contributed by atoms with Crippen molar-refractivity contribution in [3.63, 3.8) is 0 Å². The van der Waals surface area contributed by atoms with Crippen LogP contribution in [-0.4, -0.2) is 18.3 Å². The fourth-order valence-corrected chi connectivity index (χ4v) is 1.11. The Morgan fingerprint density at radius 2 is 2.07 bits per heavy atom. The van der Waals surface area contributed by atoms with Crippen LogP contribution >= 0.6 is 0 Å². The normalized spacial score (nSPS) is 9.00. The first-order valence-electron chi connectivity index (χ1n) is 4.50. The van der Waals surface area contributed by atoms with Crippen molar-refractivity contribution in [1.29, 1.82) is 10.5 Å². The molecule has 4 nitrogen and oxygen atoms in total. The molecular formula is C11H10N2O2. The molecule has 0 aliphatic heterocycles. The first-order chi connectivity index (χ1) is 7.33. The summed E-state index contributed by atoms with van der Waals surface area (Å²) in [4.78, 5) is 0. The summed E-state index contributed by atoms with van der Waals surface area (Å²) in [5, 5.41) is 26.2. The lowest BCUT2D eigenvalue weighted by molar-refractivity contribution is 0.233. The highest BCUT2D eigenvalue weighted by Crippen LogP contribution is 2.20. The Morgan fingerprint density at radius 1 is 1.27 bits per heavy atom. The average Bonchev–Trinajstić information content (AvgIpc) is 2.29. The fraction of sp³-hybridized carbons (Fsp3) is 0.273. The molecule has 15 heavy (non-hydrogen) atoms. The van der Waals surface area contributed by atoms with Crippen LogP contribution in [0.25, 0.3) is 0 Å². The Labute approximate surface area is 87.9 Å². The van der Waals surface area contributed by atoms with Gasteiger partial charge in [0.05, 0.1) is 12.2 Å². The highest BCUT2D eigenvalue weighted by molar-refractivity contribution is 5.53. The molecule has 4 heteroatoms. The molecule has 0 radical (unpaired) electrons. The molecule has 1 rings (SSSR count). The second-order valence-electron chi connectivity index (χ2n) is 2.83. The predicted octanol–water partition coefficient (Wildman–Crippen LogP) is 1.19. The second kappa shape index (κ2) is 5.64. The molecule has 0 saturated heterocycles. The molecule has 0 heterocycles. The number of nitrogens with zero attached hydrogens (tertiary/aromatic N) is 2. The molecule has 0 saturated carbocycles. The molecule has 0 spiro atoms. The lowest BCUT2D eigenvalue weighted by Crippen LogP contribution is -2.01. The molecule has 0 unspecified atom stereocenters. The van der Waals surface area contributed by atoms with Crippen molar-refractivity contribution in [2.45, 2.75) is 6.42 Å². The first-order valence-corrected chi connectivity index (χ1v) is 4.50. The Hall–Kier alpha value is -2.04. The SMILES string of the molecule is N#Cc1cccc(OCCCO)c1C#N. The topological polar surface area (TPSA) is 77.0 Å². The molecule has 0 aromatic heterocycles. The maximum atomic E-state index is 8.86. The van der Waals surface area contributed by atoms with E-state index in [2.05, 4.69) is 0 Å². The summed E-state index contributed by atoms with van der Waals surface area (Å²) < 4.78 is 5.28. The van der Waals surface area contributed by atoms with Crippen LogP contribution < -0.4 is 4.74 Å². The molecule has 0 bridgehead atoms. The van der Waals surface area contributed by atoms with Crippen molar-refractivity contribution in [2.75, 3.05) is 13.2 Å². The van der Waals surface area contributed by atoms with Gasteiger partial charge in [-0.1, -0.05) is 6.07 Å². The van der Waals surface area contributed by atoms with Gasteiger partial charge in [-0.25, -0.2) is 0 Å². The smallest absolute Gasteiger partial charge is 0.138 e. The molecule has 0 aliphatic carbocycles. The van der Waals surface area contributed by atoms with Gasteiger partial charge in [0.2, 0.25) is 0 Å². The van der Waals surface area contributed by atoms with E-state index in [9.17, 15) is 0 Å². The van der Waals surface area contributed by atoms with E-state index < -0.39 is 0 Å². The van der Waals surface area contributed by atoms with Crippen LogP contribution in [0.3, 0.4) is 0 Å². The lowest BCUT2D eigenvalue weighted by atomic mass is 10.1. The maximum absolute atomic E-state index is 8.86. The highest BCUT2D eigenvalue weighted by Gasteiger charge is 2.07. The van der Waals surface area contributed by atoms with Gasteiger partial charge < -0.3 is 9.84 Å². The minimum absolute atomic E-state index is 0.0415. The van der Waals surface area contributed by atoms with E-state index in [-0.39, 0.29) is 12.2 Å². The first kappa shape index (κ1) is 11.0. The van der Waals surface area contributed by atoms with Gasteiger partial charge in [-0.3, -0.25) is 0 Å². The zero-order valence-electron chi connectivity index (χ0n) is 8.10. The van der Waals surface area contributed by atoms with E-state index in [0.717, 1.165) is 0 Å². The zero-order chi connectivity index (χ0) is 11.1. The van der Waals surface area contributed by atoms with Crippen molar-refractivity contribution >= 4 is 0 Å². The maximum Gasteiger partial charge on any atom is 0.138 e. The molecule has 0 fully saturated rings. The van der Waals surface area contributed by atoms with Crippen molar-refractivity contribution < 1.29 is 9.84 Å². The fourth-order valence-electron chi connectivity index (χ4n) is 1.11. The highest BCUT2D eigenvalue weighted by atomic mass is 16.5. The van der Waals surface area contributed by atoms with Gasteiger partial charge in [0.25, 0.3) is 0 Å². The third-order valence-electron chi connectivity index (χ3n) is 1.82. The van der Waals surface area contributed by atoms with Gasteiger partial charge in [0.15, 0.2) is 0 Å². The largest absolute Gasteiger partial charge is 0.492 e. The van der Waals surface area contributed by atoms with E-state index >= 15 is 0 Å². The van der Waals surface area contributed by atoms with Crippen molar-refractivity contribution in [1.82, 2.24) is 0 Å². The molecule has 76 valence electrons. The van der Waals surface area contributed by atoms with Crippen molar-refractivity contribution in [2.24, 2.45) is 0 Å². The quantitative estimate of drug-likeness (QED) is 0.744. The average molecular weight is 202 g/mol. The Morgan fingerprint density at radius 3 is 2.67 bits per heavy atom. The van der Waals surface area contributed by atoms with Crippen molar-refractivity contribution in [3.05, 3.63) is 29.3 Å². The Bertz CT molecular complexity index is 416. The molecule has 0 atom stereocenters. The molecule has 0 aliphatic rings. The summed E-state index contributed by atoms with van der Waals surface area (Å²) >= 11 is 0. The summed E-state index contributed by atoms with van der Waals surface area (Å²) in [6.45, 7) is 0.375. The lowest BCUT2D eigenvalue weighted by Gasteiger charge is -2.07. The molecule has 1 aromatic rings. The molecule has 0 amide bonds. The summed E-state index contributed by atoms with van der Waals surface area (Å²) in [6, 6.07) is 8.72. The summed E-state index contributed by atoms with van der Waals surface area (Å²) in [7, 11) is 0. The van der Waals surface area contributed by atoms with Gasteiger partial charge in [-0.2, -0.15) is 10.5 Å². The van der Waals surface area contributed by atoms with Crippen LogP contribution in [0.15, 0.2) is 18.2 Å². The van der Waals surface area contributed by atoms with Crippen LogP contribution in [-0.2, 0) is 0 Å². The zero-order valence-corrected chi connectivity index (χ0v) is 8.10. The predicted molar refractivity (Wildman–Crippen MR) is 53.1 cm³/mol. The standard InChI is InChI=1S/C11H10N2O2/c12-7-9-3-1-4-11(10(9)8-13)15-6-2-5-14/h1,3-4,14H,2,5-6H2. The number of aliphatic hydroxyl groups excluding tert-OH is 1. The van der Waals surface area contributed by atoms with E-state index in [1.54, 1.807) is 18.2 Å². The van der Waals surface area contributed by atoms with Crippen LogP contribution in [0.1, 0.15) is 17.5 Å². The van der Waals surface area contributed by atoms with E-state index in [4.69, 9.17) is 20.4 Å². The summed E-state index contributed by atoms with van der Waals surface area (Å²) in [6.07, 6.45) is 0.502. The van der Waals surface area contributed by atoms with Crippen LogP contribution in [0, 0.1) is 22.7 Å². The monoisotopic (exact) mass is 202 g/mol. The number of ether oxygens (including phenoxy) is 1. The van der Waals surface area contributed by atoms with E-state index in [0.29, 0.717) is 24.3 Å². The second-order valence-corrected chi connectivity index (χ2v) is 2.83. The number of aliphatic hydroxyl groups is 1. The molecule has 1 aromatic carbocycles. The number of rotatable bonds is 4. The Balaban J connectivity index is 2.89. The van der Waals surface area contributed by atoms with Gasteiger partial charge in [-0.05, 0) is 12.1 Å². The van der Waals surface area contributed by atoms with Crippen LogP contribution in [0.2, 0.25) is 0 Å². The molecule has 1 N–H and O–H groups in total. The number of nitriles is 2. The number of benzene rings is 1. The van der Waals surface area contributed by atoms with Crippen LogP contribution in [0.5, 0.6) is 5.75 Å². The third-order valence-corrected chi connectivity index (χ3v) is 1.82. The minimum atomic E-state index is 0.0415. The van der Waals surface area contributed by atoms with E-state index in [1.165, 1.54) is 0 Å².